The molecule has 0 N–H and O–H groups in total. The summed E-state index contributed by atoms with van der Waals surface area (Å²) in [6.07, 6.45) is 63.8. The second-order valence-electron chi connectivity index (χ2n) is 13.8. The van der Waals surface area contributed by atoms with Gasteiger partial charge in [0.05, 0.1) is 13.0 Å². The van der Waals surface area contributed by atoms with Crippen LogP contribution in [0.5, 0.6) is 0 Å². The second kappa shape index (κ2) is 45.7. The van der Waals surface area contributed by atoms with E-state index < -0.39 is 6.10 Å². The summed E-state index contributed by atoms with van der Waals surface area (Å²) >= 11 is 0. The Bertz CT molecular complexity index is 1190. The van der Waals surface area contributed by atoms with E-state index in [-0.39, 0.29) is 38.0 Å². The van der Waals surface area contributed by atoms with E-state index in [2.05, 4.69) is 124 Å². The van der Waals surface area contributed by atoms with E-state index in [4.69, 9.17) is 14.2 Å². The van der Waals surface area contributed by atoms with Crippen LogP contribution >= 0.6 is 0 Å². The molecule has 0 rings (SSSR count). The second-order valence-corrected chi connectivity index (χ2v) is 13.8. The Labute approximate surface area is 344 Å². The van der Waals surface area contributed by atoms with Gasteiger partial charge in [0.1, 0.15) is 6.61 Å². The van der Waals surface area contributed by atoms with Gasteiger partial charge in [0.15, 0.2) is 6.10 Å². The summed E-state index contributed by atoms with van der Waals surface area (Å²) in [5.74, 6) is -0.654. The predicted octanol–water partition coefficient (Wildman–Crippen LogP) is 14.7. The number of carbonyl (C=O) groups is 2. The van der Waals surface area contributed by atoms with Gasteiger partial charge in [0, 0.05) is 13.0 Å². The van der Waals surface area contributed by atoms with Crippen LogP contribution in [0.15, 0.2) is 122 Å². The van der Waals surface area contributed by atoms with Gasteiger partial charge in [-0.2, -0.15) is 0 Å². The third-order valence-corrected chi connectivity index (χ3v) is 8.51. The maximum atomic E-state index is 12.7. The van der Waals surface area contributed by atoms with Gasteiger partial charge in [0.2, 0.25) is 0 Å². The van der Waals surface area contributed by atoms with Gasteiger partial charge in [-0.3, -0.25) is 9.59 Å². The third kappa shape index (κ3) is 43.0. The highest BCUT2D eigenvalue weighted by Crippen LogP contribution is 2.10. The van der Waals surface area contributed by atoms with Crippen molar-refractivity contribution < 1.29 is 23.8 Å². The minimum absolute atomic E-state index is 0.00780. The Morgan fingerprint density at radius 1 is 0.429 bits per heavy atom. The Morgan fingerprint density at radius 2 is 0.857 bits per heavy atom. The van der Waals surface area contributed by atoms with Crippen LogP contribution in [0.1, 0.15) is 162 Å². The molecule has 0 spiro atoms. The molecule has 56 heavy (non-hydrogen) atoms. The molecule has 0 aliphatic rings. The molecule has 0 amide bonds. The van der Waals surface area contributed by atoms with Crippen molar-refractivity contribution in [3.63, 3.8) is 0 Å². The van der Waals surface area contributed by atoms with E-state index in [9.17, 15) is 9.59 Å². The van der Waals surface area contributed by atoms with Gasteiger partial charge >= 0.3 is 11.9 Å². The van der Waals surface area contributed by atoms with Crippen LogP contribution in [0.4, 0.5) is 0 Å². The summed E-state index contributed by atoms with van der Waals surface area (Å²) < 4.78 is 17.1. The molecule has 5 heteroatoms. The van der Waals surface area contributed by atoms with Crippen molar-refractivity contribution in [1.29, 1.82) is 0 Å². The average molecular weight is 773 g/mol. The fraction of sp³-hybridized carbons (Fsp3) is 0.569. The molecular formula is C51H80O5. The van der Waals surface area contributed by atoms with Gasteiger partial charge in [-0.25, -0.2) is 0 Å². The zero-order valence-electron chi connectivity index (χ0n) is 35.8. The highest BCUT2D eigenvalue weighted by Gasteiger charge is 2.17. The predicted molar refractivity (Wildman–Crippen MR) is 242 cm³/mol. The number of hydrogen-bond donors (Lipinski definition) is 0. The lowest BCUT2D eigenvalue weighted by molar-refractivity contribution is -0.162. The molecule has 0 aliphatic carbocycles. The number of rotatable bonds is 38. The molecule has 1 atom stereocenters. The molecule has 1 unspecified atom stereocenters. The molecule has 0 radical (unpaired) electrons. The van der Waals surface area contributed by atoms with Crippen LogP contribution in [0.2, 0.25) is 0 Å². The molecule has 314 valence electrons. The normalized spacial score (nSPS) is 13.4. The first-order valence-corrected chi connectivity index (χ1v) is 22.1. The smallest absolute Gasteiger partial charge is 0.309 e. The van der Waals surface area contributed by atoms with Gasteiger partial charge in [0.25, 0.3) is 0 Å². The topological polar surface area (TPSA) is 61.8 Å². The standard InChI is InChI=1S/C51H80O5/c1-4-7-10-13-16-19-22-25-26-28-29-32-35-38-41-44-50(52)55-48-49(47-54-46-43-40-37-34-31-24-21-18-15-12-9-6-3)56-51(53)45-42-39-36-33-30-27-23-20-17-14-11-8-5-2/h7-8,10-11,15-20,25-27,29-30,32,36,38-39,41,49H,4-6,9,12-14,21-24,28,31,33-35,37,40,42-48H2,1-3H3/b10-7-,11-8-,18-15-,19-16-,20-17-,26-25-,30-27-,32-29-,39-36-,41-38-. The van der Waals surface area contributed by atoms with Gasteiger partial charge < -0.3 is 14.2 Å². The molecule has 0 saturated heterocycles. The molecule has 0 fully saturated rings. The van der Waals surface area contributed by atoms with E-state index in [0.29, 0.717) is 13.0 Å². The van der Waals surface area contributed by atoms with Gasteiger partial charge in [-0.15, -0.1) is 0 Å². The molecule has 0 heterocycles. The number of esters is 2. The van der Waals surface area contributed by atoms with Crippen molar-refractivity contribution in [2.45, 2.75) is 168 Å². The van der Waals surface area contributed by atoms with Gasteiger partial charge in [-0.1, -0.05) is 181 Å². The van der Waals surface area contributed by atoms with E-state index in [1.807, 2.05) is 18.2 Å². The number of allylic oxidation sites excluding steroid dienone is 19. The number of hydrogen-bond acceptors (Lipinski definition) is 5. The maximum Gasteiger partial charge on any atom is 0.309 e. The van der Waals surface area contributed by atoms with Crippen molar-refractivity contribution >= 4 is 11.9 Å². The van der Waals surface area contributed by atoms with Crippen molar-refractivity contribution in [3.05, 3.63) is 122 Å². The van der Waals surface area contributed by atoms with Crippen molar-refractivity contribution in [1.82, 2.24) is 0 Å². The van der Waals surface area contributed by atoms with E-state index in [1.54, 1.807) is 0 Å². The zero-order valence-corrected chi connectivity index (χ0v) is 35.8. The minimum Gasteiger partial charge on any atom is -0.461 e. The zero-order chi connectivity index (χ0) is 40.7. The van der Waals surface area contributed by atoms with E-state index in [1.165, 1.54) is 51.4 Å². The Morgan fingerprint density at radius 3 is 1.38 bits per heavy atom. The Hall–Kier alpha value is -3.70. The lowest BCUT2D eigenvalue weighted by atomic mass is 10.1. The van der Waals surface area contributed by atoms with Crippen molar-refractivity contribution in [2.24, 2.45) is 0 Å². The Balaban J connectivity index is 4.53. The summed E-state index contributed by atoms with van der Waals surface area (Å²) in [5.41, 5.74) is 0. The molecule has 0 aromatic carbocycles. The first kappa shape index (κ1) is 52.3. The van der Waals surface area contributed by atoms with Crippen LogP contribution in [0.25, 0.3) is 0 Å². The third-order valence-electron chi connectivity index (χ3n) is 8.51. The molecule has 0 aromatic heterocycles. The van der Waals surface area contributed by atoms with E-state index >= 15 is 0 Å². The largest absolute Gasteiger partial charge is 0.461 e. The lowest BCUT2D eigenvalue weighted by Gasteiger charge is -2.18. The Kier molecular flexibility index (Phi) is 42.7. The first-order chi connectivity index (χ1) is 27.6. The molecular weight excluding hydrogens is 693 g/mol. The quantitative estimate of drug-likeness (QED) is 0.0355. The molecule has 0 saturated carbocycles. The summed E-state index contributed by atoms with van der Waals surface area (Å²) in [7, 11) is 0. The number of ether oxygens (including phenoxy) is 3. The van der Waals surface area contributed by atoms with Crippen LogP contribution in [0, 0.1) is 0 Å². The van der Waals surface area contributed by atoms with Gasteiger partial charge in [-0.05, 0) is 89.9 Å². The highest BCUT2D eigenvalue weighted by molar-refractivity contribution is 5.71. The van der Waals surface area contributed by atoms with E-state index in [0.717, 1.165) is 70.6 Å². The molecule has 0 aromatic rings. The van der Waals surface area contributed by atoms with Crippen LogP contribution in [-0.4, -0.2) is 37.9 Å². The molecule has 0 bridgehead atoms. The maximum absolute atomic E-state index is 12.7. The summed E-state index contributed by atoms with van der Waals surface area (Å²) in [6.45, 7) is 7.33. The highest BCUT2D eigenvalue weighted by atomic mass is 16.6. The number of carbonyl (C=O) groups excluding carboxylic acids is 2. The average Bonchev–Trinajstić information content (AvgIpc) is 3.20. The van der Waals surface area contributed by atoms with Crippen LogP contribution in [-0.2, 0) is 23.8 Å². The van der Waals surface area contributed by atoms with Crippen LogP contribution < -0.4 is 0 Å². The monoisotopic (exact) mass is 773 g/mol. The van der Waals surface area contributed by atoms with Crippen LogP contribution in [0.3, 0.4) is 0 Å². The summed E-state index contributed by atoms with van der Waals surface area (Å²) in [5, 5.41) is 0. The fourth-order valence-electron chi connectivity index (χ4n) is 5.28. The molecule has 5 nitrogen and oxygen atoms in total. The SMILES string of the molecule is CC/C=C\C/C=C\C/C=C\C/C=C\C/C=C\CC(=O)OCC(COCCCCCCCC/C=C\CCCC)OC(=O)CC/C=C\C/C=C\C/C=C\C/C=C\CC. The molecule has 0 aliphatic heterocycles. The van der Waals surface area contributed by atoms with Crippen molar-refractivity contribution in [2.75, 3.05) is 19.8 Å². The minimum atomic E-state index is -0.623. The first-order valence-electron chi connectivity index (χ1n) is 22.1. The summed E-state index contributed by atoms with van der Waals surface area (Å²) in [4.78, 5) is 25.1. The fourth-order valence-corrected chi connectivity index (χ4v) is 5.28. The lowest BCUT2D eigenvalue weighted by Crippen LogP contribution is -2.30. The summed E-state index contributed by atoms with van der Waals surface area (Å²) in [6, 6.07) is 0. The van der Waals surface area contributed by atoms with Crippen molar-refractivity contribution in [3.8, 4) is 0 Å². The number of unbranched alkanes of at least 4 members (excludes halogenated alkanes) is 8.